The number of aromatic nitrogens is 2. The molecule has 0 saturated heterocycles. The summed E-state index contributed by atoms with van der Waals surface area (Å²) in [5, 5.41) is 9.18. The van der Waals surface area contributed by atoms with Crippen molar-refractivity contribution in [3.05, 3.63) is 66.4 Å². The summed E-state index contributed by atoms with van der Waals surface area (Å²) in [7, 11) is 0. The predicted molar refractivity (Wildman–Crippen MR) is 139 cm³/mol. The Morgan fingerprint density at radius 3 is 2.47 bits per heavy atom. The number of rotatable bonds is 4. The van der Waals surface area contributed by atoms with Crippen LogP contribution in [0.1, 0.15) is 56.8 Å². The molecule has 0 aliphatic heterocycles. The van der Waals surface area contributed by atoms with E-state index in [4.69, 9.17) is 10.7 Å². The second-order valence-electron chi connectivity index (χ2n) is 10.5. The molecule has 34 heavy (non-hydrogen) atoms. The molecule has 0 atom stereocenters. The Labute approximate surface area is 200 Å². The van der Waals surface area contributed by atoms with Crippen molar-refractivity contribution in [1.82, 2.24) is 14.7 Å². The highest BCUT2D eigenvalue weighted by Crippen LogP contribution is 2.33. The Kier molecular flexibility index (Phi) is 5.78. The molecule has 1 saturated carbocycles. The maximum absolute atomic E-state index is 13.0. The molecule has 6 heteroatoms. The normalized spacial score (nSPS) is 18.8. The Hall–Kier alpha value is -3.38. The molecular weight excluding hydrogens is 422 g/mol. The summed E-state index contributed by atoms with van der Waals surface area (Å²) in [6.07, 6.45) is 5.73. The van der Waals surface area contributed by atoms with Crippen LogP contribution in [0.25, 0.3) is 27.7 Å². The first-order valence-electron chi connectivity index (χ1n) is 12.1. The lowest BCUT2D eigenvalue weighted by molar-refractivity contribution is 0.0926. The molecule has 2 aromatic carbocycles. The smallest absolute Gasteiger partial charge is 0.251 e. The van der Waals surface area contributed by atoms with Crippen LogP contribution >= 0.6 is 0 Å². The monoisotopic (exact) mass is 455 g/mol. The number of imidazole rings is 1. The molecule has 176 valence electrons. The van der Waals surface area contributed by atoms with E-state index in [0.717, 1.165) is 48.4 Å². The van der Waals surface area contributed by atoms with Crippen LogP contribution in [0.3, 0.4) is 0 Å². The number of carbonyl (C=O) groups excluding carboxylic acids is 1. The van der Waals surface area contributed by atoms with E-state index in [-0.39, 0.29) is 23.5 Å². The molecule has 2 aromatic heterocycles. The average molecular weight is 456 g/mol. The van der Waals surface area contributed by atoms with Crippen molar-refractivity contribution in [2.24, 2.45) is 5.73 Å². The molecule has 0 bridgehead atoms. The molecule has 1 fully saturated rings. The van der Waals surface area contributed by atoms with Gasteiger partial charge >= 0.3 is 0 Å². The number of carbonyl (C=O) groups is 1. The van der Waals surface area contributed by atoms with Gasteiger partial charge in [0.05, 0.1) is 0 Å². The van der Waals surface area contributed by atoms with Crippen LogP contribution in [0.2, 0.25) is 0 Å². The number of nitrogens with zero attached hydrogens (tertiary/aromatic N) is 2. The zero-order valence-corrected chi connectivity index (χ0v) is 20.1. The summed E-state index contributed by atoms with van der Waals surface area (Å²) >= 11 is 0. The van der Waals surface area contributed by atoms with Crippen LogP contribution in [0.15, 0.2) is 60.8 Å². The van der Waals surface area contributed by atoms with Gasteiger partial charge in [-0.2, -0.15) is 0 Å². The van der Waals surface area contributed by atoms with Gasteiger partial charge in [0.15, 0.2) is 0 Å². The van der Waals surface area contributed by atoms with Crippen LogP contribution in [0, 0.1) is 0 Å². The van der Waals surface area contributed by atoms with Crippen LogP contribution in [-0.4, -0.2) is 32.9 Å². The summed E-state index contributed by atoms with van der Waals surface area (Å²) in [5.74, 6) is 0.870. The molecule has 0 spiro atoms. The molecule has 2 heterocycles. The average Bonchev–Trinajstić information content (AvgIpc) is 3.16. The quantitative estimate of drug-likeness (QED) is 0.386. The highest BCUT2D eigenvalue weighted by molar-refractivity contribution is 5.96. The van der Waals surface area contributed by atoms with Gasteiger partial charge in [0.25, 0.3) is 5.91 Å². The van der Waals surface area contributed by atoms with E-state index in [1.807, 2.05) is 28.8 Å². The van der Waals surface area contributed by atoms with E-state index in [0.29, 0.717) is 5.56 Å². The minimum absolute atomic E-state index is 0.0523. The third-order valence-corrected chi connectivity index (χ3v) is 6.51. The second kappa shape index (κ2) is 8.76. The lowest BCUT2D eigenvalue weighted by Gasteiger charge is -2.26. The number of amides is 1. The Balaban J connectivity index is 1.52. The van der Waals surface area contributed by atoms with E-state index in [2.05, 4.69) is 67.8 Å². The fraction of sp³-hybridized carbons (Fsp3) is 0.357. The van der Waals surface area contributed by atoms with Gasteiger partial charge in [-0.15, -0.1) is 0 Å². The highest BCUT2D eigenvalue weighted by atomic mass is 16.1. The van der Waals surface area contributed by atoms with Gasteiger partial charge < -0.3 is 16.4 Å². The lowest BCUT2D eigenvalue weighted by atomic mass is 9.91. The molecular formula is C28H33N5O. The molecule has 4 aromatic rings. The minimum Gasteiger partial charge on any atom is -0.365 e. The maximum Gasteiger partial charge on any atom is 0.251 e. The van der Waals surface area contributed by atoms with E-state index in [1.165, 1.54) is 10.8 Å². The molecule has 1 aliphatic rings. The van der Waals surface area contributed by atoms with Gasteiger partial charge in [-0.1, -0.05) is 36.4 Å². The van der Waals surface area contributed by atoms with E-state index < -0.39 is 0 Å². The van der Waals surface area contributed by atoms with Crippen LogP contribution < -0.4 is 16.4 Å². The van der Waals surface area contributed by atoms with Crippen molar-refractivity contribution < 1.29 is 4.79 Å². The summed E-state index contributed by atoms with van der Waals surface area (Å²) < 4.78 is 2.03. The number of hydrogen-bond acceptors (Lipinski definition) is 4. The number of fused-ring (bicyclic) bond motifs is 2. The SMILES string of the molecule is CC(C)(C)Nc1c(-c2ccc3ccccc3c2)nc2cc(C(=O)NC3CCC(N)CC3)ccn12. The molecule has 1 aliphatic carbocycles. The molecule has 6 nitrogen and oxygen atoms in total. The van der Waals surface area contributed by atoms with Crippen molar-refractivity contribution in [3.63, 3.8) is 0 Å². The number of anilines is 1. The summed E-state index contributed by atoms with van der Waals surface area (Å²) in [6.45, 7) is 6.40. The predicted octanol–water partition coefficient (Wildman–Crippen LogP) is 5.36. The fourth-order valence-corrected chi connectivity index (χ4v) is 4.73. The molecule has 0 radical (unpaired) electrons. The Morgan fingerprint density at radius 2 is 1.74 bits per heavy atom. The highest BCUT2D eigenvalue weighted by Gasteiger charge is 2.23. The Bertz CT molecular complexity index is 1340. The molecule has 1 amide bonds. The number of pyridine rings is 1. The third-order valence-electron chi connectivity index (χ3n) is 6.51. The van der Waals surface area contributed by atoms with Crippen LogP contribution in [0.4, 0.5) is 5.82 Å². The van der Waals surface area contributed by atoms with Crippen molar-refractivity contribution in [2.45, 2.75) is 64.1 Å². The first-order chi connectivity index (χ1) is 16.3. The summed E-state index contributed by atoms with van der Waals surface area (Å²) in [6, 6.07) is 18.9. The molecule has 5 rings (SSSR count). The van der Waals surface area contributed by atoms with E-state index >= 15 is 0 Å². The van der Waals surface area contributed by atoms with Crippen molar-refractivity contribution >= 4 is 28.1 Å². The number of nitrogens with one attached hydrogen (secondary N) is 2. The minimum atomic E-state index is -0.153. The zero-order valence-electron chi connectivity index (χ0n) is 20.1. The Morgan fingerprint density at radius 1 is 1.00 bits per heavy atom. The lowest BCUT2D eigenvalue weighted by Crippen LogP contribution is -2.40. The van der Waals surface area contributed by atoms with Crippen molar-refractivity contribution in [2.75, 3.05) is 5.32 Å². The van der Waals surface area contributed by atoms with Gasteiger partial charge in [-0.3, -0.25) is 9.20 Å². The van der Waals surface area contributed by atoms with Gasteiger partial charge in [0.1, 0.15) is 17.2 Å². The van der Waals surface area contributed by atoms with Crippen molar-refractivity contribution in [3.8, 4) is 11.3 Å². The zero-order chi connectivity index (χ0) is 23.9. The largest absolute Gasteiger partial charge is 0.365 e. The van der Waals surface area contributed by atoms with Crippen LogP contribution in [-0.2, 0) is 0 Å². The first kappa shape index (κ1) is 22.4. The van der Waals surface area contributed by atoms with Gasteiger partial charge in [-0.25, -0.2) is 4.98 Å². The van der Waals surface area contributed by atoms with Crippen molar-refractivity contribution in [1.29, 1.82) is 0 Å². The van der Waals surface area contributed by atoms with Gasteiger partial charge in [0.2, 0.25) is 0 Å². The summed E-state index contributed by atoms with van der Waals surface area (Å²) in [5.41, 5.74) is 9.14. The van der Waals surface area contributed by atoms with Gasteiger partial charge in [-0.05, 0) is 75.4 Å². The topological polar surface area (TPSA) is 84.5 Å². The number of hydrogen-bond donors (Lipinski definition) is 3. The number of nitrogens with two attached hydrogens (primary N) is 1. The third kappa shape index (κ3) is 4.64. The molecule has 4 N–H and O–H groups in total. The number of benzene rings is 2. The van der Waals surface area contributed by atoms with Gasteiger partial charge in [0, 0.05) is 34.9 Å². The molecule has 0 unspecified atom stereocenters. The maximum atomic E-state index is 13.0. The summed E-state index contributed by atoms with van der Waals surface area (Å²) in [4.78, 5) is 18.0. The second-order valence-corrected chi connectivity index (χ2v) is 10.5. The fourth-order valence-electron chi connectivity index (χ4n) is 4.73. The van der Waals surface area contributed by atoms with E-state index in [9.17, 15) is 4.79 Å². The first-order valence-corrected chi connectivity index (χ1v) is 12.1. The van der Waals surface area contributed by atoms with E-state index in [1.54, 1.807) is 0 Å². The van der Waals surface area contributed by atoms with Crippen LogP contribution in [0.5, 0.6) is 0 Å². The standard InChI is InChI=1S/C28H33N5O/c1-28(2,3)32-26-25(20-9-8-18-6-4-5-7-19(18)16-20)31-24-17-21(14-15-33(24)26)27(34)30-23-12-10-22(29)11-13-23/h4-9,14-17,22-23,32H,10-13,29H2,1-3H3,(H,30,34).